The van der Waals surface area contributed by atoms with Crippen molar-refractivity contribution in [2.45, 2.75) is 13.3 Å². The molecule has 0 atom stereocenters. The molecule has 0 aliphatic rings. The predicted molar refractivity (Wildman–Crippen MR) is 71.5 cm³/mol. The topological polar surface area (TPSA) is 22.1 Å². The first-order valence-corrected chi connectivity index (χ1v) is 6.72. The zero-order valence-corrected chi connectivity index (χ0v) is 12.1. The average molecular weight is 334 g/mol. The van der Waals surface area contributed by atoms with Crippen molar-refractivity contribution in [2.24, 2.45) is 0 Å². The molecular weight excluding hydrogens is 324 g/mol. The number of alkyl halides is 2. The third-order valence-electron chi connectivity index (χ3n) is 2.47. The Kier molecular flexibility index (Phi) is 3.97. The molecule has 6 heteroatoms. The lowest BCUT2D eigenvalue weighted by atomic mass is 10.1. The van der Waals surface area contributed by atoms with Crippen LogP contribution < -0.4 is 4.74 Å². The number of thiazole rings is 1. The fourth-order valence-corrected chi connectivity index (χ4v) is 3.02. The highest BCUT2D eigenvalue weighted by molar-refractivity contribution is 9.10. The average Bonchev–Trinajstić information content (AvgIpc) is 2.78. The van der Waals surface area contributed by atoms with Crippen molar-refractivity contribution < 1.29 is 13.5 Å². The molecule has 2 rings (SSSR count). The quantitative estimate of drug-likeness (QED) is 0.802. The Bertz CT molecular complexity index is 571. The van der Waals surface area contributed by atoms with Gasteiger partial charge in [-0.25, -0.2) is 13.8 Å². The smallest absolute Gasteiger partial charge is 0.274 e. The van der Waals surface area contributed by atoms with E-state index in [0.29, 0.717) is 10.8 Å². The summed E-state index contributed by atoms with van der Waals surface area (Å²) in [6.45, 7) is 1.91. The number of methoxy groups -OCH3 is 1. The fraction of sp³-hybridized carbons (Fsp3) is 0.250. The summed E-state index contributed by atoms with van der Waals surface area (Å²) in [6.07, 6.45) is -1.26. The van der Waals surface area contributed by atoms with Crippen LogP contribution in [0.1, 0.15) is 16.9 Å². The second-order valence-electron chi connectivity index (χ2n) is 3.67. The highest BCUT2D eigenvalue weighted by Crippen LogP contribution is 2.37. The van der Waals surface area contributed by atoms with E-state index in [2.05, 4.69) is 20.9 Å². The first-order chi connectivity index (χ1) is 8.52. The molecule has 96 valence electrons. The van der Waals surface area contributed by atoms with Gasteiger partial charge in [0.05, 0.1) is 16.5 Å². The zero-order valence-electron chi connectivity index (χ0n) is 9.71. The number of benzene rings is 1. The van der Waals surface area contributed by atoms with Gasteiger partial charge in [-0.15, -0.1) is 11.3 Å². The van der Waals surface area contributed by atoms with Gasteiger partial charge < -0.3 is 4.74 Å². The Morgan fingerprint density at radius 3 is 2.67 bits per heavy atom. The van der Waals surface area contributed by atoms with E-state index in [0.717, 1.165) is 26.9 Å². The van der Waals surface area contributed by atoms with Gasteiger partial charge in [0.1, 0.15) is 10.8 Å². The normalized spacial score (nSPS) is 11.0. The van der Waals surface area contributed by atoms with Gasteiger partial charge in [-0.1, -0.05) is 0 Å². The fourth-order valence-electron chi connectivity index (χ4n) is 1.55. The molecule has 0 aliphatic carbocycles. The van der Waals surface area contributed by atoms with Crippen LogP contribution in [0.5, 0.6) is 5.75 Å². The number of ether oxygens (including phenoxy) is 1. The highest BCUT2D eigenvalue weighted by atomic mass is 79.9. The van der Waals surface area contributed by atoms with Crippen molar-refractivity contribution in [3.05, 3.63) is 33.2 Å². The van der Waals surface area contributed by atoms with Crippen LogP contribution >= 0.6 is 27.3 Å². The molecule has 0 unspecified atom stereocenters. The van der Waals surface area contributed by atoms with Gasteiger partial charge in [-0.3, -0.25) is 0 Å². The maximum Gasteiger partial charge on any atom is 0.274 e. The molecule has 0 N–H and O–H groups in total. The number of nitrogens with zero attached hydrogens (tertiary/aromatic N) is 1. The van der Waals surface area contributed by atoms with Gasteiger partial charge in [0, 0.05) is 11.8 Å². The monoisotopic (exact) mass is 333 g/mol. The molecule has 0 spiro atoms. The number of rotatable bonds is 3. The van der Waals surface area contributed by atoms with E-state index < -0.39 is 6.43 Å². The van der Waals surface area contributed by atoms with E-state index in [1.807, 2.05) is 13.0 Å². The molecule has 0 amide bonds. The van der Waals surface area contributed by atoms with E-state index in [-0.39, 0.29) is 4.88 Å². The molecule has 2 aromatic rings. The van der Waals surface area contributed by atoms with E-state index in [1.165, 1.54) is 6.20 Å². The summed E-state index contributed by atoms with van der Waals surface area (Å²) in [7, 11) is 1.56. The molecule has 1 heterocycles. The highest BCUT2D eigenvalue weighted by Gasteiger charge is 2.15. The molecule has 0 saturated heterocycles. The minimum absolute atomic E-state index is 0.0220. The zero-order chi connectivity index (χ0) is 13.3. The van der Waals surface area contributed by atoms with Crippen molar-refractivity contribution in [2.75, 3.05) is 7.11 Å². The third kappa shape index (κ3) is 2.54. The largest absolute Gasteiger partial charge is 0.496 e. The SMILES string of the molecule is COc1cc(-c2ncc(C(F)F)s2)c(C)cc1Br. The van der Waals surface area contributed by atoms with Crippen molar-refractivity contribution in [3.63, 3.8) is 0 Å². The van der Waals surface area contributed by atoms with Gasteiger partial charge in [0.15, 0.2) is 0 Å². The van der Waals surface area contributed by atoms with Crippen LogP contribution in [0.3, 0.4) is 0 Å². The Morgan fingerprint density at radius 1 is 1.39 bits per heavy atom. The predicted octanol–water partition coefficient (Wildman–Crippen LogP) is 4.83. The van der Waals surface area contributed by atoms with Crippen LogP contribution in [0.2, 0.25) is 0 Å². The maximum atomic E-state index is 12.5. The molecule has 0 bridgehead atoms. The molecule has 0 radical (unpaired) electrons. The summed E-state index contributed by atoms with van der Waals surface area (Å²) in [5.41, 5.74) is 1.77. The number of halogens is 3. The Morgan fingerprint density at radius 2 is 2.11 bits per heavy atom. The second kappa shape index (κ2) is 5.32. The van der Waals surface area contributed by atoms with Gasteiger partial charge in [0.2, 0.25) is 0 Å². The third-order valence-corrected chi connectivity index (χ3v) is 4.13. The summed E-state index contributed by atoms with van der Waals surface area (Å²) < 4.78 is 31.1. The lowest BCUT2D eigenvalue weighted by Crippen LogP contribution is -1.88. The van der Waals surface area contributed by atoms with Gasteiger partial charge in [-0.2, -0.15) is 0 Å². The van der Waals surface area contributed by atoms with Crippen LogP contribution in [0.25, 0.3) is 10.6 Å². The molecule has 0 fully saturated rings. The molecular formula is C12H10BrF2NOS. The molecule has 2 nitrogen and oxygen atoms in total. The first-order valence-electron chi connectivity index (χ1n) is 5.11. The van der Waals surface area contributed by atoms with Crippen LogP contribution in [-0.2, 0) is 0 Å². The summed E-state index contributed by atoms with van der Waals surface area (Å²) in [5.74, 6) is 0.657. The van der Waals surface area contributed by atoms with Crippen LogP contribution in [-0.4, -0.2) is 12.1 Å². The molecule has 1 aromatic heterocycles. The van der Waals surface area contributed by atoms with Crippen LogP contribution in [0.4, 0.5) is 8.78 Å². The van der Waals surface area contributed by atoms with Crippen molar-refractivity contribution >= 4 is 27.3 Å². The Hall–Kier alpha value is -1.01. The number of aromatic nitrogens is 1. The number of aryl methyl sites for hydroxylation is 1. The van der Waals surface area contributed by atoms with Crippen molar-refractivity contribution in [1.29, 1.82) is 0 Å². The minimum atomic E-state index is -2.48. The van der Waals surface area contributed by atoms with E-state index in [9.17, 15) is 8.78 Å². The minimum Gasteiger partial charge on any atom is -0.496 e. The lowest BCUT2D eigenvalue weighted by Gasteiger charge is -2.08. The molecule has 0 saturated carbocycles. The summed E-state index contributed by atoms with van der Waals surface area (Å²) in [5, 5.41) is 0.577. The molecule has 1 aromatic carbocycles. The molecule has 18 heavy (non-hydrogen) atoms. The van der Waals surface area contributed by atoms with E-state index in [1.54, 1.807) is 13.2 Å². The Balaban J connectivity index is 2.49. The lowest BCUT2D eigenvalue weighted by molar-refractivity contribution is 0.155. The second-order valence-corrected chi connectivity index (χ2v) is 5.59. The van der Waals surface area contributed by atoms with Gasteiger partial charge in [-0.05, 0) is 40.5 Å². The van der Waals surface area contributed by atoms with E-state index >= 15 is 0 Å². The first kappa shape index (κ1) is 13.4. The van der Waals surface area contributed by atoms with Crippen LogP contribution in [0, 0.1) is 6.92 Å². The maximum absolute atomic E-state index is 12.5. The number of hydrogen-bond acceptors (Lipinski definition) is 3. The van der Waals surface area contributed by atoms with Crippen LogP contribution in [0.15, 0.2) is 22.8 Å². The molecule has 0 aliphatic heterocycles. The summed E-state index contributed by atoms with van der Waals surface area (Å²) in [6, 6.07) is 3.69. The summed E-state index contributed by atoms with van der Waals surface area (Å²) in [4.78, 5) is 4.02. The number of hydrogen-bond donors (Lipinski definition) is 0. The van der Waals surface area contributed by atoms with Crippen molar-refractivity contribution in [1.82, 2.24) is 4.98 Å². The standard InChI is InChI=1S/C12H10BrF2NOS/c1-6-3-8(13)9(17-2)4-7(6)12-16-5-10(18-12)11(14)15/h3-5,11H,1-2H3. The Labute approximate surface area is 116 Å². The van der Waals surface area contributed by atoms with Gasteiger partial charge >= 0.3 is 0 Å². The van der Waals surface area contributed by atoms with Crippen molar-refractivity contribution in [3.8, 4) is 16.3 Å². The van der Waals surface area contributed by atoms with Gasteiger partial charge in [0.25, 0.3) is 6.43 Å². The summed E-state index contributed by atoms with van der Waals surface area (Å²) >= 11 is 4.38. The van der Waals surface area contributed by atoms with E-state index in [4.69, 9.17) is 4.74 Å².